The molecular formula is C14H14O3. The van der Waals surface area contributed by atoms with E-state index in [1.165, 1.54) is 0 Å². The van der Waals surface area contributed by atoms with Crippen molar-refractivity contribution in [3.63, 3.8) is 0 Å². The molecule has 0 aromatic heterocycles. The lowest BCUT2D eigenvalue weighted by Gasteiger charge is -2.11. The van der Waals surface area contributed by atoms with Gasteiger partial charge in [-0.1, -0.05) is 18.2 Å². The van der Waals surface area contributed by atoms with Gasteiger partial charge in [-0.3, -0.25) is 4.79 Å². The van der Waals surface area contributed by atoms with Crippen LogP contribution in [0.3, 0.4) is 0 Å². The number of esters is 1. The highest BCUT2D eigenvalue weighted by Crippen LogP contribution is 2.51. The first kappa shape index (κ1) is 10.5. The summed E-state index contributed by atoms with van der Waals surface area (Å²) in [6.45, 7) is 0.250. The normalized spacial score (nSPS) is 29.9. The van der Waals surface area contributed by atoms with Gasteiger partial charge in [-0.15, -0.1) is 0 Å². The van der Waals surface area contributed by atoms with Gasteiger partial charge in [0.2, 0.25) is 0 Å². The van der Waals surface area contributed by atoms with Crippen LogP contribution in [0.15, 0.2) is 30.3 Å². The SMILES string of the molecule is O=C(OC[C@@H]1CC2CC2C1=O)c1ccccc1. The number of Topliss-reactive ketones (excluding diaryl/α,β-unsaturated/α-hetero) is 1. The number of hydrogen-bond acceptors (Lipinski definition) is 3. The van der Waals surface area contributed by atoms with Crippen molar-refractivity contribution in [2.24, 2.45) is 17.8 Å². The third-order valence-corrected chi connectivity index (χ3v) is 3.70. The molecule has 2 aliphatic rings. The Balaban J connectivity index is 1.55. The molecule has 0 radical (unpaired) electrons. The average molecular weight is 230 g/mol. The Hall–Kier alpha value is -1.64. The maximum absolute atomic E-state index is 11.7. The molecule has 0 bridgehead atoms. The van der Waals surface area contributed by atoms with E-state index in [-0.39, 0.29) is 24.4 Å². The summed E-state index contributed by atoms with van der Waals surface area (Å²) in [6.07, 6.45) is 1.97. The summed E-state index contributed by atoms with van der Waals surface area (Å²) < 4.78 is 5.19. The first-order valence-electron chi connectivity index (χ1n) is 6.01. The van der Waals surface area contributed by atoms with Crippen molar-refractivity contribution >= 4 is 11.8 Å². The Bertz CT molecular complexity index is 452. The van der Waals surface area contributed by atoms with Crippen molar-refractivity contribution < 1.29 is 14.3 Å². The van der Waals surface area contributed by atoms with E-state index in [2.05, 4.69) is 0 Å². The number of ketones is 1. The summed E-state index contributed by atoms with van der Waals surface area (Å²) >= 11 is 0. The molecule has 0 spiro atoms. The molecule has 17 heavy (non-hydrogen) atoms. The van der Waals surface area contributed by atoms with E-state index in [9.17, 15) is 9.59 Å². The van der Waals surface area contributed by atoms with Crippen molar-refractivity contribution in [3.05, 3.63) is 35.9 Å². The first-order valence-corrected chi connectivity index (χ1v) is 6.01. The molecule has 0 amide bonds. The van der Waals surface area contributed by atoms with Crippen LogP contribution in [0.25, 0.3) is 0 Å². The summed E-state index contributed by atoms with van der Waals surface area (Å²) in [5.41, 5.74) is 0.545. The van der Waals surface area contributed by atoms with E-state index in [4.69, 9.17) is 4.74 Å². The molecule has 3 atom stereocenters. The van der Waals surface area contributed by atoms with Gasteiger partial charge in [-0.25, -0.2) is 4.79 Å². The lowest BCUT2D eigenvalue weighted by Crippen LogP contribution is -2.20. The van der Waals surface area contributed by atoms with E-state index < -0.39 is 0 Å². The third-order valence-electron chi connectivity index (χ3n) is 3.70. The molecule has 0 saturated heterocycles. The quantitative estimate of drug-likeness (QED) is 0.746. The van der Waals surface area contributed by atoms with Crippen molar-refractivity contribution in [3.8, 4) is 0 Å². The largest absolute Gasteiger partial charge is 0.461 e. The fourth-order valence-electron chi connectivity index (χ4n) is 2.62. The fraction of sp³-hybridized carbons (Fsp3) is 0.429. The molecule has 3 nitrogen and oxygen atoms in total. The molecule has 0 aliphatic heterocycles. The molecule has 2 saturated carbocycles. The topological polar surface area (TPSA) is 43.4 Å². The lowest BCUT2D eigenvalue weighted by atomic mass is 10.0. The number of fused-ring (bicyclic) bond motifs is 1. The molecule has 1 aromatic carbocycles. The predicted octanol–water partition coefficient (Wildman–Crippen LogP) is 2.07. The monoisotopic (exact) mass is 230 g/mol. The zero-order valence-corrected chi connectivity index (χ0v) is 9.46. The van der Waals surface area contributed by atoms with Crippen LogP contribution < -0.4 is 0 Å². The summed E-state index contributed by atoms with van der Waals surface area (Å²) in [4.78, 5) is 23.4. The minimum absolute atomic E-state index is 0.0496. The van der Waals surface area contributed by atoms with Gasteiger partial charge in [0, 0.05) is 5.92 Å². The molecule has 0 heterocycles. The molecular weight excluding hydrogens is 216 g/mol. The second-order valence-corrected chi connectivity index (χ2v) is 4.90. The van der Waals surface area contributed by atoms with E-state index in [1.807, 2.05) is 6.07 Å². The van der Waals surface area contributed by atoms with Crippen LogP contribution >= 0.6 is 0 Å². The van der Waals surface area contributed by atoms with E-state index in [0.29, 0.717) is 17.3 Å². The Morgan fingerprint density at radius 2 is 2.00 bits per heavy atom. The fourth-order valence-corrected chi connectivity index (χ4v) is 2.62. The molecule has 2 fully saturated rings. The van der Waals surface area contributed by atoms with Crippen molar-refractivity contribution in [1.29, 1.82) is 0 Å². The van der Waals surface area contributed by atoms with E-state index >= 15 is 0 Å². The van der Waals surface area contributed by atoms with Gasteiger partial charge < -0.3 is 4.74 Å². The van der Waals surface area contributed by atoms with Gasteiger partial charge in [0.15, 0.2) is 0 Å². The zero-order chi connectivity index (χ0) is 11.8. The minimum Gasteiger partial charge on any atom is -0.461 e. The lowest BCUT2D eigenvalue weighted by molar-refractivity contribution is -0.123. The number of carbonyl (C=O) groups is 2. The van der Waals surface area contributed by atoms with Crippen LogP contribution in [0, 0.1) is 17.8 Å². The standard InChI is InChI=1S/C14H14O3/c15-13-11(6-10-7-12(10)13)8-17-14(16)9-4-2-1-3-5-9/h1-5,10-12H,6-8H2/t10?,11-,12?/m0/s1. The van der Waals surface area contributed by atoms with Crippen molar-refractivity contribution in [2.75, 3.05) is 6.61 Å². The van der Waals surface area contributed by atoms with Crippen molar-refractivity contribution in [2.45, 2.75) is 12.8 Å². The predicted molar refractivity (Wildman–Crippen MR) is 61.4 cm³/mol. The number of benzene rings is 1. The van der Waals surface area contributed by atoms with Crippen molar-refractivity contribution in [1.82, 2.24) is 0 Å². The molecule has 1 aromatic rings. The summed E-state index contributed by atoms with van der Waals surface area (Å²) in [5, 5.41) is 0. The third kappa shape index (κ3) is 1.97. The average Bonchev–Trinajstić information content (AvgIpc) is 3.07. The zero-order valence-electron chi connectivity index (χ0n) is 9.46. The highest BCUT2D eigenvalue weighted by molar-refractivity contribution is 5.91. The van der Waals surface area contributed by atoms with E-state index in [0.717, 1.165) is 12.8 Å². The van der Waals surface area contributed by atoms with Crippen LogP contribution in [-0.4, -0.2) is 18.4 Å². The first-order chi connectivity index (χ1) is 8.25. The van der Waals surface area contributed by atoms with Gasteiger partial charge in [0.1, 0.15) is 12.4 Å². The second-order valence-electron chi connectivity index (χ2n) is 4.90. The van der Waals surface area contributed by atoms with Gasteiger partial charge >= 0.3 is 5.97 Å². The van der Waals surface area contributed by atoms with E-state index in [1.54, 1.807) is 24.3 Å². The molecule has 2 aliphatic carbocycles. The van der Waals surface area contributed by atoms with Gasteiger partial charge in [0.05, 0.1) is 11.5 Å². The highest BCUT2D eigenvalue weighted by atomic mass is 16.5. The Morgan fingerprint density at radius 3 is 2.65 bits per heavy atom. The Labute approximate surface area is 99.8 Å². The summed E-state index contributed by atoms with van der Waals surface area (Å²) in [6, 6.07) is 8.89. The summed E-state index contributed by atoms with van der Waals surface area (Å²) in [7, 11) is 0. The maximum atomic E-state index is 11.7. The molecule has 2 unspecified atom stereocenters. The molecule has 0 N–H and O–H groups in total. The Kier molecular flexibility index (Phi) is 2.46. The number of rotatable bonds is 3. The van der Waals surface area contributed by atoms with Crippen LogP contribution in [0.5, 0.6) is 0 Å². The number of hydrogen-bond donors (Lipinski definition) is 0. The molecule has 88 valence electrons. The Morgan fingerprint density at radius 1 is 1.24 bits per heavy atom. The highest BCUT2D eigenvalue weighted by Gasteiger charge is 2.53. The minimum atomic E-state index is -0.334. The molecule has 3 rings (SSSR count). The molecule has 3 heteroatoms. The van der Waals surface area contributed by atoms with Gasteiger partial charge in [0.25, 0.3) is 0 Å². The van der Waals surface area contributed by atoms with Crippen LogP contribution in [0.4, 0.5) is 0 Å². The van der Waals surface area contributed by atoms with Crippen LogP contribution in [-0.2, 0) is 9.53 Å². The van der Waals surface area contributed by atoms with Crippen LogP contribution in [0.2, 0.25) is 0 Å². The smallest absolute Gasteiger partial charge is 0.338 e. The summed E-state index contributed by atoms with van der Waals surface area (Å²) in [5.74, 6) is 0.791. The maximum Gasteiger partial charge on any atom is 0.338 e. The van der Waals surface area contributed by atoms with Gasteiger partial charge in [-0.05, 0) is 30.9 Å². The number of ether oxygens (including phenoxy) is 1. The van der Waals surface area contributed by atoms with Gasteiger partial charge in [-0.2, -0.15) is 0 Å². The second kappa shape index (κ2) is 3.99. The van der Waals surface area contributed by atoms with Crippen LogP contribution in [0.1, 0.15) is 23.2 Å². The number of carbonyl (C=O) groups excluding carboxylic acids is 2.